The van der Waals surface area contributed by atoms with Crippen molar-refractivity contribution in [1.29, 1.82) is 0 Å². The fraction of sp³-hybridized carbons (Fsp3) is 0. The van der Waals surface area contributed by atoms with Crippen LogP contribution in [-0.4, -0.2) is 16.6 Å². The first-order valence-electron chi connectivity index (χ1n) is 5.05. The zero-order valence-corrected chi connectivity index (χ0v) is 10.7. The molecule has 0 bridgehead atoms. The Morgan fingerprint density at radius 1 is 0.941 bits per heavy atom. The summed E-state index contributed by atoms with van der Waals surface area (Å²) < 4.78 is 0. The van der Waals surface area contributed by atoms with Crippen molar-refractivity contribution in [2.45, 2.75) is 0 Å². The Morgan fingerprint density at radius 3 is 2.18 bits per heavy atom. The summed E-state index contributed by atoms with van der Waals surface area (Å²) in [4.78, 5) is 4.25. The van der Waals surface area contributed by atoms with Crippen molar-refractivity contribution in [2.24, 2.45) is 4.99 Å². The fourth-order valence-corrected chi connectivity index (χ4v) is 1.25. The molecule has 0 unspecified atom stereocenters. The van der Waals surface area contributed by atoms with Crippen molar-refractivity contribution in [1.82, 2.24) is 0 Å². The number of nitrogens with zero attached hydrogens (tertiary/aromatic N) is 1. The first-order valence-corrected chi connectivity index (χ1v) is 6.04. The molecule has 2 nitrogen and oxygen atoms in total. The first kappa shape index (κ1) is 13.4. The number of benzene rings is 2. The molecule has 0 atom stereocenters. The predicted octanol–water partition coefficient (Wildman–Crippen LogP) is 3.11. The van der Waals surface area contributed by atoms with Crippen molar-refractivity contribution < 1.29 is 22.1 Å². The Balaban J connectivity index is 0.000000686. The molecule has 1 N–H and O–H groups in total. The van der Waals surface area contributed by atoms with Crippen LogP contribution in [0.2, 0.25) is 0 Å². The second-order valence-electron chi connectivity index (χ2n) is 3.15. The van der Waals surface area contributed by atoms with E-state index < -0.39 is 0 Å². The van der Waals surface area contributed by atoms with Gasteiger partial charge in [0.25, 0.3) is 0 Å². The van der Waals surface area contributed by atoms with Crippen LogP contribution in [0.3, 0.4) is 0 Å². The summed E-state index contributed by atoms with van der Waals surface area (Å²) in [6.07, 6.45) is 1.66. The fourth-order valence-electron chi connectivity index (χ4n) is 1.25. The summed E-state index contributed by atoms with van der Waals surface area (Å²) in [5.41, 5.74) is 1.60. The van der Waals surface area contributed by atoms with Gasteiger partial charge in [-0.15, -0.1) is 0 Å². The zero-order chi connectivity index (χ0) is 12.5. The van der Waals surface area contributed by atoms with E-state index in [0.29, 0.717) is 0 Å². The van der Waals surface area contributed by atoms with E-state index in [1.165, 1.54) is 0 Å². The molecular weight excluding hydrogens is 249 g/mol. The molecule has 3 heteroatoms. The molecule has 2 rings (SSSR count). The molecule has 0 heterocycles. The van der Waals surface area contributed by atoms with Gasteiger partial charge in [-0.25, -0.2) is 0 Å². The minimum absolute atomic E-state index is 0.247. The van der Waals surface area contributed by atoms with Gasteiger partial charge in [0.1, 0.15) is 5.75 Å². The number of hydrogen-bond donors (Lipinski definition) is 1. The van der Waals surface area contributed by atoms with Gasteiger partial charge in [-0.1, -0.05) is 30.3 Å². The summed E-state index contributed by atoms with van der Waals surface area (Å²) in [6, 6.07) is 16.7. The van der Waals surface area contributed by atoms with E-state index in [9.17, 15) is 5.11 Å². The zero-order valence-electron chi connectivity index (χ0n) is 9.32. The van der Waals surface area contributed by atoms with E-state index in [0.717, 1.165) is 11.3 Å². The van der Waals surface area contributed by atoms with Crippen molar-refractivity contribution in [3.63, 3.8) is 0 Å². The second-order valence-corrected chi connectivity index (χ2v) is 3.15. The third kappa shape index (κ3) is 4.39. The van der Waals surface area contributed by atoms with E-state index in [1.54, 1.807) is 18.3 Å². The van der Waals surface area contributed by atoms with Crippen LogP contribution >= 0.6 is 0 Å². The van der Waals surface area contributed by atoms with Gasteiger partial charge in [0, 0.05) is 11.8 Å². The van der Waals surface area contributed by atoms with Crippen LogP contribution in [-0.2, 0) is 17.0 Å². The molecule has 0 amide bonds. The number of para-hydroxylation sites is 2. The Labute approximate surface area is 110 Å². The Hall–Kier alpha value is -1.64. The number of aliphatic imine (C=N–C) groups is 1. The van der Waals surface area contributed by atoms with Gasteiger partial charge >= 0.3 is 22.2 Å². The molecule has 0 radical (unpaired) electrons. The van der Waals surface area contributed by atoms with Gasteiger partial charge in [0.2, 0.25) is 0 Å². The van der Waals surface area contributed by atoms with Gasteiger partial charge < -0.3 is 5.11 Å². The van der Waals surface area contributed by atoms with E-state index >= 15 is 0 Å². The normalized spacial score (nSPS) is 9.59. The minimum atomic E-state index is 0.247. The van der Waals surface area contributed by atoms with Crippen LogP contribution in [0.15, 0.2) is 59.6 Å². The molecule has 0 saturated heterocycles. The molecule has 0 fully saturated rings. The monoisotopic (exact) mass is 262 g/mol. The first-order chi connectivity index (χ1) is 8.36. The molecule has 0 aliphatic rings. The number of hydrogen-bond acceptors (Lipinski definition) is 2. The van der Waals surface area contributed by atoms with Crippen molar-refractivity contribution >= 4 is 17.1 Å². The topological polar surface area (TPSA) is 32.6 Å². The summed E-state index contributed by atoms with van der Waals surface area (Å²) in [6.45, 7) is 0. The summed E-state index contributed by atoms with van der Waals surface area (Å²) in [5.74, 6) is 0.247. The van der Waals surface area contributed by atoms with Gasteiger partial charge in [-0.05, 0) is 24.3 Å². The molecular formula is C14H13NOV. The van der Waals surface area contributed by atoms with Gasteiger partial charge in [0.15, 0.2) is 0 Å². The van der Waals surface area contributed by atoms with Crippen molar-refractivity contribution in [3.05, 3.63) is 60.2 Å². The number of rotatable bonds is 2. The maximum absolute atomic E-state index is 9.50. The molecule has 17 heavy (non-hydrogen) atoms. The molecule has 2 aromatic rings. The third-order valence-corrected chi connectivity index (χ3v) is 2.05. The van der Waals surface area contributed by atoms with Crippen molar-refractivity contribution in [2.75, 3.05) is 0 Å². The molecule has 0 aliphatic heterocycles. The van der Waals surface area contributed by atoms with Crippen LogP contribution in [0.4, 0.5) is 5.69 Å². The van der Waals surface area contributed by atoms with Crippen LogP contribution in [0.5, 0.6) is 5.75 Å². The molecule has 85 valence electrons. The summed E-state index contributed by atoms with van der Waals surface area (Å²) >= 11 is 2.06. The standard InChI is InChI=1S/C13H11NO.CH2.V/c15-13-9-5-4-6-11(13)10-14-12-7-2-1-3-8-12;;/h1-10,15H;1H2;. The van der Waals surface area contributed by atoms with Crippen LogP contribution < -0.4 is 0 Å². The summed E-state index contributed by atoms with van der Waals surface area (Å²) in [7, 11) is 0. The molecule has 0 spiro atoms. The molecule has 0 aromatic heterocycles. The average molecular weight is 262 g/mol. The number of phenols is 1. The molecule has 0 aliphatic carbocycles. The predicted molar refractivity (Wildman–Crippen MR) is 68.9 cm³/mol. The van der Waals surface area contributed by atoms with Gasteiger partial charge in [-0.3, -0.25) is 4.99 Å². The average Bonchev–Trinajstić information content (AvgIpc) is 2.41. The van der Waals surface area contributed by atoms with Crippen LogP contribution in [0.25, 0.3) is 0 Å². The Bertz CT molecular complexity index is 483. The Morgan fingerprint density at radius 2 is 1.53 bits per heavy atom. The number of phenolic OH excluding ortho intramolecular Hbond substituents is 1. The molecule has 2 aromatic carbocycles. The van der Waals surface area contributed by atoms with E-state index in [2.05, 4.69) is 27.2 Å². The van der Waals surface area contributed by atoms with Gasteiger partial charge in [0.05, 0.1) is 5.69 Å². The molecule has 0 saturated carbocycles. The third-order valence-electron chi connectivity index (χ3n) is 2.05. The SMILES string of the molecule is Oc1ccccc1C=Nc1ccccc1.[CH2]=[V]. The maximum atomic E-state index is 9.50. The summed E-state index contributed by atoms with van der Waals surface area (Å²) in [5, 5.41) is 12.7. The van der Waals surface area contributed by atoms with Crippen molar-refractivity contribution in [3.8, 4) is 5.75 Å². The van der Waals surface area contributed by atoms with E-state index in [1.807, 2.05) is 42.5 Å². The van der Waals surface area contributed by atoms with E-state index in [-0.39, 0.29) is 5.75 Å². The second kappa shape index (κ2) is 7.61. The van der Waals surface area contributed by atoms with Crippen LogP contribution in [0.1, 0.15) is 5.56 Å². The number of aromatic hydroxyl groups is 1. The Kier molecular flexibility index (Phi) is 6.01. The van der Waals surface area contributed by atoms with Gasteiger partial charge in [-0.2, -0.15) is 0 Å². The quantitative estimate of drug-likeness (QED) is 0.829. The van der Waals surface area contributed by atoms with E-state index in [4.69, 9.17) is 0 Å². The van der Waals surface area contributed by atoms with Crippen LogP contribution in [0, 0.1) is 0 Å².